The summed E-state index contributed by atoms with van der Waals surface area (Å²) in [5.41, 5.74) is 0. The third-order valence-electron chi connectivity index (χ3n) is 4.69. The monoisotopic (exact) mass is 284 g/mol. The van der Waals surface area contributed by atoms with Crippen molar-refractivity contribution in [2.75, 3.05) is 26.2 Å². The summed E-state index contributed by atoms with van der Waals surface area (Å²) < 4.78 is 1.44. The van der Waals surface area contributed by atoms with Gasteiger partial charge in [-0.3, -0.25) is 0 Å². The van der Waals surface area contributed by atoms with E-state index in [4.69, 9.17) is 0 Å². The molecule has 0 spiro atoms. The van der Waals surface area contributed by atoms with E-state index in [9.17, 15) is 0 Å². The normalized spacial score (nSPS) is 12.0. The average molecular weight is 285 g/mol. The second kappa shape index (κ2) is 13.9. The minimum Gasteiger partial charge on any atom is -0.324 e. The Balaban J connectivity index is 4.43. The molecule has 0 saturated heterocycles. The van der Waals surface area contributed by atoms with Crippen LogP contribution in [0, 0.1) is 0 Å². The highest BCUT2D eigenvalue weighted by molar-refractivity contribution is 4.51. The first kappa shape index (κ1) is 20.0. The Bertz CT molecular complexity index is 180. The van der Waals surface area contributed by atoms with Gasteiger partial charge in [-0.25, -0.2) is 0 Å². The van der Waals surface area contributed by atoms with E-state index in [1.807, 2.05) is 0 Å². The third-order valence-corrected chi connectivity index (χ3v) is 4.69. The fraction of sp³-hybridized carbons (Fsp3) is 1.00. The summed E-state index contributed by atoms with van der Waals surface area (Å²) in [4.78, 5) is 0. The van der Waals surface area contributed by atoms with Crippen molar-refractivity contribution in [3.05, 3.63) is 0 Å². The predicted octanol–water partition coefficient (Wildman–Crippen LogP) is 6.17. The molecule has 0 heterocycles. The van der Waals surface area contributed by atoms with Crippen LogP contribution < -0.4 is 0 Å². The van der Waals surface area contributed by atoms with Crippen LogP contribution in [0.25, 0.3) is 0 Å². The van der Waals surface area contributed by atoms with Crippen LogP contribution in [-0.2, 0) is 0 Å². The Kier molecular flexibility index (Phi) is 13.9. The summed E-state index contributed by atoms with van der Waals surface area (Å²) in [6, 6.07) is 0. The minimum atomic E-state index is 1.36. The zero-order valence-electron chi connectivity index (χ0n) is 15.1. The van der Waals surface area contributed by atoms with Crippen molar-refractivity contribution in [1.82, 2.24) is 0 Å². The molecule has 20 heavy (non-hydrogen) atoms. The highest BCUT2D eigenvalue weighted by atomic mass is 15.3. The molecule has 0 fully saturated rings. The average Bonchev–Trinajstić information content (AvgIpc) is 2.47. The van der Waals surface area contributed by atoms with Gasteiger partial charge in [0.2, 0.25) is 0 Å². The molecule has 0 aromatic rings. The molecule has 0 saturated carbocycles. The van der Waals surface area contributed by atoms with Crippen LogP contribution >= 0.6 is 0 Å². The number of quaternary nitrogens is 1. The molecule has 122 valence electrons. The van der Waals surface area contributed by atoms with E-state index in [0.717, 1.165) is 0 Å². The Hall–Kier alpha value is -0.0400. The van der Waals surface area contributed by atoms with Gasteiger partial charge in [-0.05, 0) is 38.5 Å². The van der Waals surface area contributed by atoms with E-state index in [2.05, 4.69) is 27.7 Å². The number of rotatable bonds is 15. The van der Waals surface area contributed by atoms with Crippen LogP contribution in [0.5, 0.6) is 0 Å². The molecule has 0 aromatic heterocycles. The summed E-state index contributed by atoms with van der Waals surface area (Å²) in [5, 5.41) is 0. The second-order valence-corrected chi connectivity index (χ2v) is 6.71. The number of hydrogen-bond donors (Lipinski definition) is 0. The molecule has 0 rings (SSSR count). The van der Waals surface area contributed by atoms with E-state index in [1.54, 1.807) is 0 Å². The molecule has 0 aromatic carbocycles. The molecule has 0 bridgehead atoms. The first-order chi connectivity index (χ1) is 9.74. The number of hydrogen-bond acceptors (Lipinski definition) is 0. The molecule has 0 atom stereocenters. The van der Waals surface area contributed by atoms with Gasteiger partial charge in [-0.2, -0.15) is 0 Å². The molecule has 0 N–H and O–H groups in total. The molecular formula is C19H42N+. The van der Waals surface area contributed by atoms with Crippen molar-refractivity contribution in [2.45, 2.75) is 98.3 Å². The molecule has 0 radical (unpaired) electrons. The van der Waals surface area contributed by atoms with Crippen molar-refractivity contribution in [2.24, 2.45) is 0 Å². The zero-order chi connectivity index (χ0) is 15.1. The third kappa shape index (κ3) is 9.80. The van der Waals surface area contributed by atoms with Crippen LogP contribution in [0.3, 0.4) is 0 Å². The van der Waals surface area contributed by atoms with Crippen LogP contribution in [0.2, 0.25) is 0 Å². The molecule has 0 unspecified atom stereocenters. The Morgan fingerprint density at radius 1 is 0.400 bits per heavy atom. The van der Waals surface area contributed by atoms with Gasteiger partial charge in [0.25, 0.3) is 0 Å². The smallest absolute Gasteiger partial charge is 0.0786 e. The maximum absolute atomic E-state index is 2.34. The number of unbranched alkanes of at least 4 members (excludes halogenated alkanes) is 7. The van der Waals surface area contributed by atoms with Crippen LogP contribution in [0.1, 0.15) is 98.3 Å². The van der Waals surface area contributed by atoms with Crippen molar-refractivity contribution < 1.29 is 4.48 Å². The Labute approximate surface area is 129 Å². The van der Waals surface area contributed by atoms with Gasteiger partial charge in [-0.1, -0.05) is 59.8 Å². The van der Waals surface area contributed by atoms with Gasteiger partial charge in [0.1, 0.15) is 0 Å². The first-order valence-electron chi connectivity index (χ1n) is 9.59. The van der Waals surface area contributed by atoms with Crippen molar-refractivity contribution in [3.8, 4) is 0 Å². The molecule has 1 heteroatoms. The van der Waals surface area contributed by atoms with Crippen molar-refractivity contribution in [1.29, 1.82) is 0 Å². The standard InChI is InChI=1S/C19H42N/c1-5-9-13-15-19-20(16-11-7-3,17-12-8-4)18-14-10-6-2/h5-19H2,1-4H3/q+1. The summed E-state index contributed by atoms with van der Waals surface area (Å²) in [6.07, 6.45) is 15.5. The van der Waals surface area contributed by atoms with Gasteiger partial charge < -0.3 is 4.48 Å². The largest absolute Gasteiger partial charge is 0.324 e. The van der Waals surface area contributed by atoms with Gasteiger partial charge in [0.15, 0.2) is 0 Å². The lowest BCUT2D eigenvalue weighted by Crippen LogP contribution is -2.50. The van der Waals surface area contributed by atoms with Gasteiger partial charge in [-0.15, -0.1) is 0 Å². The van der Waals surface area contributed by atoms with E-state index < -0.39 is 0 Å². The lowest BCUT2D eigenvalue weighted by atomic mass is 10.1. The van der Waals surface area contributed by atoms with E-state index in [1.165, 1.54) is 101 Å². The Morgan fingerprint density at radius 2 is 0.750 bits per heavy atom. The molecule has 0 aliphatic carbocycles. The quantitative estimate of drug-likeness (QED) is 0.249. The van der Waals surface area contributed by atoms with Gasteiger partial charge in [0, 0.05) is 0 Å². The van der Waals surface area contributed by atoms with E-state index >= 15 is 0 Å². The van der Waals surface area contributed by atoms with Crippen molar-refractivity contribution >= 4 is 0 Å². The van der Waals surface area contributed by atoms with Gasteiger partial charge >= 0.3 is 0 Å². The maximum Gasteiger partial charge on any atom is 0.0786 e. The minimum absolute atomic E-state index is 1.36. The highest BCUT2D eigenvalue weighted by Gasteiger charge is 2.25. The maximum atomic E-state index is 2.34. The summed E-state index contributed by atoms with van der Waals surface area (Å²) in [7, 11) is 0. The predicted molar refractivity (Wildman–Crippen MR) is 93.2 cm³/mol. The lowest BCUT2D eigenvalue weighted by molar-refractivity contribution is -0.929. The summed E-state index contributed by atoms with van der Waals surface area (Å²) >= 11 is 0. The summed E-state index contributed by atoms with van der Waals surface area (Å²) in [5.74, 6) is 0. The highest BCUT2D eigenvalue weighted by Crippen LogP contribution is 2.17. The molecule has 1 nitrogen and oxygen atoms in total. The Morgan fingerprint density at radius 3 is 1.20 bits per heavy atom. The molecule has 0 aliphatic rings. The second-order valence-electron chi connectivity index (χ2n) is 6.71. The molecular weight excluding hydrogens is 242 g/mol. The topological polar surface area (TPSA) is 0 Å². The summed E-state index contributed by atoms with van der Waals surface area (Å²) in [6.45, 7) is 15.1. The van der Waals surface area contributed by atoms with Crippen LogP contribution in [0.15, 0.2) is 0 Å². The lowest BCUT2D eigenvalue weighted by Gasteiger charge is -2.39. The first-order valence-corrected chi connectivity index (χ1v) is 9.59. The van der Waals surface area contributed by atoms with E-state index in [-0.39, 0.29) is 0 Å². The van der Waals surface area contributed by atoms with Crippen molar-refractivity contribution in [3.63, 3.8) is 0 Å². The van der Waals surface area contributed by atoms with Gasteiger partial charge in [0.05, 0.1) is 26.2 Å². The number of nitrogens with zero attached hydrogens (tertiary/aromatic N) is 1. The zero-order valence-corrected chi connectivity index (χ0v) is 15.1. The molecule has 0 aliphatic heterocycles. The van der Waals surface area contributed by atoms with E-state index in [0.29, 0.717) is 0 Å². The fourth-order valence-electron chi connectivity index (χ4n) is 3.23. The SMILES string of the molecule is CCCCCC[N+](CCCC)(CCCC)CCCCC. The molecule has 0 amide bonds. The fourth-order valence-corrected chi connectivity index (χ4v) is 3.23. The van der Waals surface area contributed by atoms with Crippen LogP contribution in [0.4, 0.5) is 0 Å². The van der Waals surface area contributed by atoms with Crippen LogP contribution in [-0.4, -0.2) is 30.7 Å².